The van der Waals surface area contributed by atoms with Gasteiger partial charge in [-0.3, -0.25) is 4.98 Å². The predicted octanol–water partition coefficient (Wildman–Crippen LogP) is 4.57. The molecule has 0 atom stereocenters. The van der Waals surface area contributed by atoms with Gasteiger partial charge in [0.15, 0.2) is 0 Å². The fourth-order valence-corrected chi connectivity index (χ4v) is 2.50. The van der Waals surface area contributed by atoms with Gasteiger partial charge in [0, 0.05) is 36.1 Å². The average Bonchev–Trinajstić information content (AvgIpc) is 2.64. The van der Waals surface area contributed by atoms with Crippen molar-refractivity contribution in [2.45, 2.75) is 6.54 Å². The quantitative estimate of drug-likeness (QED) is 0.641. The minimum atomic E-state index is 0.605. The molecule has 0 saturated heterocycles. The van der Waals surface area contributed by atoms with Gasteiger partial charge in [0.25, 0.3) is 0 Å². The predicted molar refractivity (Wildman–Crippen MR) is 98.3 cm³/mol. The maximum atomic E-state index is 5.85. The third-order valence-electron chi connectivity index (χ3n) is 3.59. The molecule has 4 heteroatoms. The topological polar surface area (TPSA) is 34.1 Å². The highest BCUT2D eigenvalue weighted by atomic mass is 35.5. The Bertz CT molecular complexity index is 760. The first kappa shape index (κ1) is 16.5. The van der Waals surface area contributed by atoms with Gasteiger partial charge < -0.3 is 10.1 Å². The van der Waals surface area contributed by atoms with Gasteiger partial charge in [0.1, 0.15) is 12.4 Å². The van der Waals surface area contributed by atoms with E-state index < -0.39 is 0 Å². The van der Waals surface area contributed by atoms with Crippen LogP contribution in [0.5, 0.6) is 5.75 Å². The number of benzene rings is 2. The molecule has 1 N–H and O–H groups in total. The smallest absolute Gasteiger partial charge is 0.119 e. The molecule has 0 spiro atoms. The van der Waals surface area contributed by atoms with Gasteiger partial charge >= 0.3 is 0 Å². The van der Waals surface area contributed by atoms with Crippen molar-refractivity contribution in [3.8, 4) is 16.9 Å². The standard InChI is InChI=1S/C20H19ClN2O/c21-19-6-8-20(9-7-19)24-11-10-22-13-16-12-18(15-23-14-16)17-4-2-1-3-5-17/h1-9,12,14-15,22H,10-11,13H2. The summed E-state index contributed by atoms with van der Waals surface area (Å²) in [4.78, 5) is 4.33. The van der Waals surface area contributed by atoms with Crippen molar-refractivity contribution in [1.82, 2.24) is 10.3 Å². The Kier molecular flexibility index (Phi) is 5.83. The Labute approximate surface area is 147 Å². The summed E-state index contributed by atoms with van der Waals surface area (Å²) < 4.78 is 5.66. The van der Waals surface area contributed by atoms with Crippen LogP contribution < -0.4 is 10.1 Å². The molecule has 0 saturated carbocycles. The lowest BCUT2D eigenvalue weighted by Crippen LogP contribution is -2.20. The van der Waals surface area contributed by atoms with Gasteiger partial charge in [-0.25, -0.2) is 0 Å². The number of nitrogens with one attached hydrogen (secondary N) is 1. The number of halogens is 1. The van der Waals surface area contributed by atoms with Crippen molar-refractivity contribution < 1.29 is 4.74 Å². The lowest BCUT2D eigenvalue weighted by atomic mass is 10.1. The lowest BCUT2D eigenvalue weighted by molar-refractivity contribution is 0.313. The second-order valence-electron chi connectivity index (χ2n) is 5.43. The van der Waals surface area contributed by atoms with Crippen LogP contribution in [0.4, 0.5) is 0 Å². The van der Waals surface area contributed by atoms with Gasteiger partial charge in [-0.05, 0) is 41.5 Å². The van der Waals surface area contributed by atoms with Crippen LogP contribution in [-0.2, 0) is 6.54 Å². The Morgan fingerprint density at radius 3 is 2.50 bits per heavy atom. The summed E-state index contributed by atoms with van der Waals surface area (Å²) in [5, 5.41) is 4.09. The first-order valence-corrected chi connectivity index (χ1v) is 8.27. The molecule has 0 aliphatic heterocycles. The second kappa shape index (κ2) is 8.48. The number of aromatic nitrogens is 1. The molecule has 3 aromatic rings. The van der Waals surface area contributed by atoms with E-state index in [0.29, 0.717) is 11.6 Å². The zero-order chi connectivity index (χ0) is 16.6. The normalized spacial score (nSPS) is 10.5. The van der Waals surface area contributed by atoms with Gasteiger partial charge in [-0.2, -0.15) is 0 Å². The Hall–Kier alpha value is -2.36. The van der Waals surface area contributed by atoms with Crippen LogP contribution in [0.2, 0.25) is 5.02 Å². The minimum absolute atomic E-state index is 0.605. The zero-order valence-electron chi connectivity index (χ0n) is 13.3. The van der Waals surface area contributed by atoms with E-state index in [-0.39, 0.29) is 0 Å². The summed E-state index contributed by atoms with van der Waals surface area (Å²) in [6.45, 7) is 2.13. The molecular formula is C20H19ClN2O. The van der Waals surface area contributed by atoms with Crippen LogP contribution in [0, 0.1) is 0 Å². The van der Waals surface area contributed by atoms with Crippen LogP contribution in [0.1, 0.15) is 5.56 Å². The second-order valence-corrected chi connectivity index (χ2v) is 5.86. The van der Waals surface area contributed by atoms with Crippen molar-refractivity contribution >= 4 is 11.6 Å². The Morgan fingerprint density at radius 2 is 1.71 bits per heavy atom. The van der Waals surface area contributed by atoms with E-state index >= 15 is 0 Å². The zero-order valence-corrected chi connectivity index (χ0v) is 14.0. The number of ether oxygens (including phenoxy) is 1. The van der Waals surface area contributed by atoms with Crippen LogP contribution >= 0.6 is 11.6 Å². The van der Waals surface area contributed by atoms with Crippen LogP contribution in [-0.4, -0.2) is 18.1 Å². The third-order valence-corrected chi connectivity index (χ3v) is 3.84. The van der Waals surface area contributed by atoms with Crippen LogP contribution in [0.15, 0.2) is 73.1 Å². The Morgan fingerprint density at radius 1 is 0.917 bits per heavy atom. The number of hydrogen-bond donors (Lipinski definition) is 1. The van der Waals surface area contributed by atoms with Gasteiger partial charge in [0.05, 0.1) is 0 Å². The van der Waals surface area contributed by atoms with Crippen molar-refractivity contribution in [3.63, 3.8) is 0 Å². The summed E-state index contributed by atoms with van der Waals surface area (Å²) in [5.74, 6) is 0.828. The van der Waals surface area contributed by atoms with E-state index in [0.717, 1.165) is 30.0 Å². The highest BCUT2D eigenvalue weighted by Gasteiger charge is 2.00. The number of nitrogens with zero attached hydrogens (tertiary/aromatic N) is 1. The summed E-state index contributed by atoms with van der Waals surface area (Å²) in [5.41, 5.74) is 3.47. The molecule has 0 amide bonds. The molecule has 1 aromatic heterocycles. The third kappa shape index (κ3) is 4.82. The highest BCUT2D eigenvalue weighted by molar-refractivity contribution is 6.30. The number of hydrogen-bond acceptors (Lipinski definition) is 3. The molecule has 3 nitrogen and oxygen atoms in total. The van der Waals surface area contributed by atoms with Gasteiger partial charge in [0.2, 0.25) is 0 Å². The van der Waals surface area contributed by atoms with Crippen molar-refractivity contribution in [2.24, 2.45) is 0 Å². The summed E-state index contributed by atoms with van der Waals surface area (Å²) in [7, 11) is 0. The fourth-order valence-electron chi connectivity index (χ4n) is 2.38. The molecule has 0 radical (unpaired) electrons. The van der Waals surface area contributed by atoms with Crippen LogP contribution in [0.3, 0.4) is 0 Å². The molecule has 3 rings (SSSR count). The largest absolute Gasteiger partial charge is 0.492 e. The van der Waals surface area contributed by atoms with Crippen molar-refractivity contribution in [2.75, 3.05) is 13.2 Å². The lowest BCUT2D eigenvalue weighted by Gasteiger charge is -2.08. The van der Waals surface area contributed by atoms with Gasteiger partial charge in [-0.1, -0.05) is 41.9 Å². The summed E-state index contributed by atoms with van der Waals surface area (Å²) >= 11 is 5.85. The number of pyridine rings is 1. The molecule has 0 bridgehead atoms. The Balaban J connectivity index is 1.46. The first-order chi connectivity index (χ1) is 11.8. The molecule has 0 aliphatic rings. The van der Waals surface area contributed by atoms with E-state index in [2.05, 4.69) is 28.5 Å². The van der Waals surface area contributed by atoms with Crippen molar-refractivity contribution in [1.29, 1.82) is 0 Å². The fraction of sp³-hybridized carbons (Fsp3) is 0.150. The maximum absolute atomic E-state index is 5.85. The molecule has 0 fully saturated rings. The average molecular weight is 339 g/mol. The minimum Gasteiger partial charge on any atom is -0.492 e. The first-order valence-electron chi connectivity index (χ1n) is 7.90. The summed E-state index contributed by atoms with van der Waals surface area (Å²) in [6.07, 6.45) is 3.78. The molecule has 2 aromatic carbocycles. The maximum Gasteiger partial charge on any atom is 0.119 e. The van der Waals surface area contributed by atoms with E-state index in [1.54, 1.807) is 0 Å². The monoisotopic (exact) mass is 338 g/mol. The van der Waals surface area contributed by atoms with Gasteiger partial charge in [-0.15, -0.1) is 0 Å². The molecule has 1 heterocycles. The highest BCUT2D eigenvalue weighted by Crippen LogP contribution is 2.18. The molecule has 0 aliphatic carbocycles. The van der Waals surface area contributed by atoms with E-state index in [4.69, 9.17) is 16.3 Å². The van der Waals surface area contributed by atoms with E-state index in [1.165, 1.54) is 5.56 Å². The summed E-state index contributed by atoms with van der Waals surface area (Å²) in [6, 6.07) is 19.8. The molecule has 24 heavy (non-hydrogen) atoms. The van der Waals surface area contributed by atoms with E-state index in [9.17, 15) is 0 Å². The SMILES string of the molecule is Clc1ccc(OCCNCc2cncc(-c3ccccc3)c2)cc1. The van der Waals surface area contributed by atoms with Crippen LogP contribution in [0.25, 0.3) is 11.1 Å². The van der Waals surface area contributed by atoms with Crippen molar-refractivity contribution in [3.05, 3.63) is 83.6 Å². The molecule has 0 unspecified atom stereocenters. The molecule has 122 valence electrons. The number of rotatable bonds is 7. The van der Waals surface area contributed by atoms with E-state index in [1.807, 2.05) is 54.9 Å². The molecular weight excluding hydrogens is 320 g/mol.